The van der Waals surface area contributed by atoms with E-state index >= 15 is 0 Å². The molecule has 1 aromatic heterocycles. The summed E-state index contributed by atoms with van der Waals surface area (Å²) in [5, 5.41) is 4.65. The molecule has 0 aliphatic carbocycles. The van der Waals surface area contributed by atoms with Gasteiger partial charge in [0.25, 0.3) is 5.91 Å². The lowest BCUT2D eigenvalue weighted by molar-refractivity contribution is -0.138. The second-order valence-electron chi connectivity index (χ2n) is 7.13. The fourth-order valence-electron chi connectivity index (χ4n) is 3.37. The standard InChI is InChI=1S/C20H21N3O5S/c1-20(13-5-6-15-16(10-13)28-8-7-27-15)18(25)23(19(26)21-20)12-17(24)22(2)11-14-4-3-9-29-14/h3-6,9-10H,7-8,11-12H2,1-2H3,(H,21,26)/t20-/m1/s1. The van der Waals surface area contributed by atoms with E-state index in [-0.39, 0.29) is 12.5 Å². The minimum atomic E-state index is -1.28. The lowest BCUT2D eigenvalue weighted by atomic mass is 9.91. The summed E-state index contributed by atoms with van der Waals surface area (Å²) in [5.41, 5.74) is -0.707. The summed E-state index contributed by atoms with van der Waals surface area (Å²) in [5.74, 6) is 0.343. The van der Waals surface area contributed by atoms with E-state index in [0.29, 0.717) is 36.8 Å². The Morgan fingerprint density at radius 3 is 2.72 bits per heavy atom. The molecule has 152 valence electrons. The topological polar surface area (TPSA) is 88.2 Å². The second-order valence-corrected chi connectivity index (χ2v) is 8.17. The van der Waals surface area contributed by atoms with Crippen molar-refractivity contribution in [2.75, 3.05) is 26.8 Å². The lowest BCUT2D eigenvalue weighted by Gasteiger charge is -2.25. The third-order valence-electron chi connectivity index (χ3n) is 5.09. The van der Waals surface area contributed by atoms with Gasteiger partial charge in [-0.1, -0.05) is 12.1 Å². The summed E-state index contributed by atoms with van der Waals surface area (Å²) in [4.78, 5) is 41.7. The predicted octanol–water partition coefficient (Wildman–Crippen LogP) is 1.94. The molecule has 0 radical (unpaired) electrons. The second kappa shape index (κ2) is 7.40. The molecule has 1 N–H and O–H groups in total. The van der Waals surface area contributed by atoms with Gasteiger partial charge in [-0.05, 0) is 36.1 Å². The van der Waals surface area contributed by atoms with Gasteiger partial charge in [0.2, 0.25) is 5.91 Å². The van der Waals surface area contributed by atoms with Gasteiger partial charge in [-0.2, -0.15) is 0 Å². The van der Waals surface area contributed by atoms with Crippen molar-refractivity contribution in [3.05, 3.63) is 46.2 Å². The number of likely N-dealkylation sites (N-methyl/N-ethyl adjacent to an activating group) is 1. The summed E-state index contributed by atoms with van der Waals surface area (Å²) in [6, 6.07) is 8.39. The molecule has 0 spiro atoms. The summed E-state index contributed by atoms with van der Waals surface area (Å²) < 4.78 is 11.1. The third kappa shape index (κ3) is 3.53. The van der Waals surface area contributed by atoms with E-state index < -0.39 is 17.5 Å². The number of carbonyl (C=O) groups excluding carboxylic acids is 3. The highest BCUT2D eigenvalue weighted by molar-refractivity contribution is 7.09. The fourth-order valence-corrected chi connectivity index (χ4v) is 4.13. The lowest BCUT2D eigenvalue weighted by Crippen LogP contribution is -2.43. The molecule has 1 aromatic carbocycles. The maximum atomic E-state index is 13.1. The molecule has 29 heavy (non-hydrogen) atoms. The number of thiophene rings is 1. The number of urea groups is 1. The molecule has 0 bridgehead atoms. The van der Waals surface area contributed by atoms with Crippen molar-refractivity contribution in [1.29, 1.82) is 0 Å². The Morgan fingerprint density at radius 2 is 2.00 bits per heavy atom. The van der Waals surface area contributed by atoms with Crippen molar-refractivity contribution >= 4 is 29.2 Å². The molecule has 3 heterocycles. The molecular weight excluding hydrogens is 394 g/mol. The minimum absolute atomic E-state index is 0.312. The van der Waals surface area contributed by atoms with Crippen LogP contribution in [-0.2, 0) is 21.7 Å². The van der Waals surface area contributed by atoms with Crippen molar-refractivity contribution in [1.82, 2.24) is 15.1 Å². The van der Waals surface area contributed by atoms with Crippen molar-refractivity contribution in [3.8, 4) is 11.5 Å². The van der Waals surface area contributed by atoms with E-state index in [9.17, 15) is 14.4 Å². The highest BCUT2D eigenvalue weighted by atomic mass is 32.1. The third-order valence-corrected chi connectivity index (χ3v) is 5.95. The van der Waals surface area contributed by atoms with E-state index in [1.807, 2.05) is 17.5 Å². The van der Waals surface area contributed by atoms with Gasteiger partial charge in [0.05, 0.1) is 6.54 Å². The monoisotopic (exact) mass is 415 g/mol. The largest absolute Gasteiger partial charge is 0.486 e. The summed E-state index contributed by atoms with van der Waals surface area (Å²) in [7, 11) is 1.65. The van der Waals surface area contributed by atoms with Gasteiger partial charge in [0.15, 0.2) is 11.5 Å². The van der Waals surface area contributed by atoms with Crippen molar-refractivity contribution in [3.63, 3.8) is 0 Å². The number of nitrogens with zero attached hydrogens (tertiary/aromatic N) is 2. The molecule has 4 rings (SSSR count). The van der Waals surface area contributed by atoms with Gasteiger partial charge in [-0.25, -0.2) is 4.79 Å². The van der Waals surface area contributed by atoms with Crippen LogP contribution in [0.1, 0.15) is 17.4 Å². The molecule has 1 fully saturated rings. The minimum Gasteiger partial charge on any atom is -0.486 e. The van der Waals surface area contributed by atoms with Crippen molar-refractivity contribution in [2.24, 2.45) is 0 Å². The summed E-state index contributed by atoms with van der Waals surface area (Å²) in [6.45, 7) is 2.63. The van der Waals surface area contributed by atoms with Crippen LogP contribution in [0.5, 0.6) is 11.5 Å². The molecule has 8 nitrogen and oxygen atoms in total. The number of hydrogen-bond donors (Lipinski definition) is 1. The molecule has 1 saturated heterocycles. The number of ether oxygens (including phenoxy) is 2. The van der Waals surface area contributed by atoms with Crippen LogP contribution in [0.15, 0.2) is 35.7 Å². The predicted molar refractivity (Wildman–Crippen MR) is 106 cm³/mol. The Morgan fingerprint density at radius 1 is 1.24 bits per heavy atom. The molecule has 0 saturated carbocycles. The molecule has 2 aliphatic rings. The average Bonchev–Trinajstić information content (AvgIpc) is 3.30. The Labute approximate surface area is 172 Å². The van der Waals surface area contributed by atoms with Crippen LogP contribution in [0.2, 0.25) is 0 Å². The summed E-state index contributed by atoms with van der Waals surface area (Å²) in [6.07, 6.45) is 0. The SMILES string of the molecule is CN(Cc1cccs1)C(=O)CN1C(=O)N[C@](C)(c2ccc3c(c2)OCCO3)C1=O. The van der Waals surface area contributed by atoms with Gasteiger partial charge < -0.3 is 19.7 Å². The maximum Gasteiger partial charge on any atom is 0.325 e. The average molecular weight is 415 g/mol. The maximum absolute atomic E-state index is 13.1. The molecule has 9 heteroatoms. The van der Waals surface area contributed by atoms with Crippen LogP contribution >= 0.6 is 11.3 Å². The molecule has 2 aromatic rings. The van der Waals surface area contributed by atoms with Crippen LogP contribution in [-0.4, -0.2) is 54.5 Å². The first-order valence-electron chi connectivity index (χ1n) is 9.19. The van der Waals surface area contributed by atoms with Crippen LogP contribution in [0.3, 0.4) is 0 Å². The Bertz CT molecular complexity index is 961. The fraction of sp³-hybridized carbons (Fsp3) is 0.350. The van der Waals surface area contributed by atoms with E-state index in [1.165, 1.54) is 4.90 Å². The van der Waals surface area contributed by atoms with Crippen molar-refractivity contribution < 1.29 is 23.9 Å². The molecule has 1 atom stereocenters. The Balaban J connectivity index is 1.50. The molecule has 2 aliphatic heterocycles. The highest BCUT2D eigenvalue weighted by Gasteiger charge is 2.50. The van der Waals surface area contributed by atoms with Gasteiger partial charge in [0.1, 0.15) is 25.3 Å². The van der Waals surface area contributed by atoms with Crippen LogP contribution in [0, 0.1) is 0 Å². The van der Waals surface area contributed by atoms with E-state index in [4.69, 9.17) is 9.47 Å². The Hall–Kier alpha value is -3.07. The first-order valence-corrected chi connectivity index (χ1v) is 10.1. The number of benzene rings is 1. The van der Waals surface area contributed by atoms with E-state index in [0.717, 1.165) is 9.78 Å². The number of fused-ring (bicyclic) bond motifs is 1. The van der Waals surface area contributed by atoms with Crippen LogP contribution in [0.4, 0.5) is 4.79 Å². The first kappa shape index (κ1) is 19.3. The Kier molecular flexibility index (Phi) is 4.91. The van der Waals surface area contributed by atoms with Crippen LogP contribution in [0.25, 0.3) is 0 Å². The van der Waals surface area contributed by atoms with Gasteiger partial charge in [-0.15, -0.1) is 11.3 Å². The number of imide groups is 1. The van der Waals surface area contributed by atoms with Crippen LogP contribution < -0.4 is 14.8 Å². The highest BCUT2D eigenvalue weighted by Crippen LogP contribution is 2.36. The normalized spacial score (nSPS) is 20.6. The number of nitrogens with one attached hydrogen (secondary N) is 1. The van der Waals surface area contributed by atoms with Gasteiger partial charge in [0, 0.05) is 11.9 Å². The van der Waals surface area contributed by atoms with E-state index in [1.54, 1.807) is 43.5 Å². The smallest absolute Gasteiger partial charge is 0.325 e. The molecule has 0 unspecified atom stereocenters. The van der Waals surface area contributed by atoms with Gasteiger partial charge in [-0.3, -0.25) is 14.5 Å². The quantitative estimate of drug-likeness (QED) is 0.754. The first-order chi connectivity index (χ1) is 13.9. The van der Waals surface area contributed by atoms with E-state index in [2.05, 4.69) is 5.32 Å². The number of rotatable bonds is 5. The zero-order valence-corrected chi connectivity index (χ0v) is 17.0. The molecule has 4 amide bonds. The molecular formula is C20H21N3O5S. The summed E-state index contributed by atoms with van der Waals surface area (Å²) >= 11 is 1.54. The number of amides is 4. The number of carbonyl (C=O) groups is 3. The number of hydrogen-bond acceptors (Lipinski definition) is 6. The van der Waals surface area contributed by atoms with Crippen molar-refractivity contribution in [2.45, 2.75) is 19.0 Å². The van der Waals surface area contributed by atoms with Gasteiger partial charge >= 0.3 is 6.03 Å². The zero-order valence-electron chi connectivity index (χ0n) is 16.1. The zero-order chi connectivity index (χ0) is 20.6.